The summed E-state index contributed by atoms with van der Waals surface area (Å²) < 4.78 is 7.14. The molecule has 0 amide bonds. The Morgan fingerprint density at radius 2 is 2.40 bits per heavy atom. The summed E-state index contributed by atoms with van der Waals surface area (Å²) in [6, 6.07) is 5.39. The molecule has 78 valence electrons. The Labute approximate surface area is 94.2 Å². The van der Waals surface area contributed by atoms with Crippen molar-refractivity contribution < 1.29 is 9.53 Å². The summed E-state index contributed by atoms with van der Waals surface area (Å²) in [6.07, 6.45) is 0. The molecule has 0 saturated carbocycles. The second kappa shape index (κ2) is 3.98. The molecule has 15 heavy (non-hydrogen) atoms. The normalized spacial score (nSPS) is 10.5. The van der Waals surface area contributed by atoms with E-state index in [0.29, 0.717) is 12.1 Å². The molecular formula is C9H8BrN3O2. The average Bonchev–Trinajstić information content (AvgIpc) is 2.63. The van der Waals surface area contributed by atoms with Crippen LogP contribution in [0.25, 0.3) is 5.52 Å². The van der Waals surface area contributed by atoms with Crippen LogP contribution in [0, 0.1) is 0 Å². The fraction of sp³-hybridized carbons (Fsp3) is 0.222. The molecule has 2 heterocycles. The maximum atomic E-state index is 11.5. The Bertz CT molecular complexity index is 509. The third-order valence-corrected chi connectivity index (χ3v) is 2.46. The summed E-state index contributed by atoms with van der Waals surface area (Å²) in [5.41, 5.74) is 0.862. The van der Waals surface area contributed by atoms with Crippen molar-refractivity contribution in [3.63, 3.8) is 0 Å². The third kappa shape index (κ3) is 1.72. The molecule has 0 aliphatic carbocycles. The number of carbonyl (C=O) groups excluding carboxylic acids is 1. The maximum absolute atomic E-state index is 11.5. The van der Waals surface area contributed by atoms with Crippen molar-refractivity contribution in [3.05, 3.63) is 28.5 Å². The number of esters is 1. The van der Waals surface area contributed by atoms with Gasteiger partial charge in [0.2, 0.25) is 0 Å². The van der Waals surface area contributed by atoms with Crippen LogP contribution in [0.4, 0.5) is 0 Å². The van der Waals surface area contributed by atoms with Crippen LogP contribution in [0.15, 0.2) is 22.8 Å². The van der Waals surface area contributed by atoms with Crippen LogP contribution in [0.1, 0.15) is 17.4 Å². The summed E-state index contributed by atoms with van der Waals surface area (Å²) in [6.45, 7) is 2.07. The molecule has 0 atom stereocenters. The Morgan fingerprint density at radius 1 is 1.60 bits per heavy atom. The van der Waals surface area contributed by atoms with Gasteiger partial charge in [0.05, 0.1) is 6.61 Å². The molecule has 0 unspecified atom stereocenters. The van der Waals surface area contributed by atoms with Crippen molar-refractivity contribution in [2.24, 2.45) is 0 Å². The van der Waals surface area contributed by atoms with Gasteiger partial charge in [0.1, 0.15) is 10.1 Å². The van der Waals surface area contributed by atoms with Crippen molar-refractivity contribution in [2.45, 2.75) is 6.92 Å². The first-order valence-electron chi connectivity index (χ1n) is 4.41. The number of fused-ring (bicyclic) bond motifs is 1. The van der Waals surface area contributed by atoms with Gasteiger partial charge in [-0.15, -0.1) is 5.10 Å². The molecule has 6 heteroatoms. The van der Waals surface area contributed by atoms with Crippen LogP contribution in [-0.4, -0.2) is 27.4 Å². The summed E-state index contributed by atoms with van der Waals surface area (Å²) in [5.74, 6) is -0.453. The fourth-order valence-electron chi connectivity index (χ4n) is 1.23. The maximum Gasteiger partial charge on any atom is 0.361 e. The van der Waals surface area contributed by atoms with Gasteiger partial charge in [-0.3, -0.25) is 0 Å². The van der Waals surface area contributed by atoms with Gasteiger partial charge in [0.25, 0.3) is 0 Å². The average molecular weight is 270 g/mol. The molecule has 2 aromatic heterocycles. The van der Waals surface area contributed by atoms with Crippen LogP contribution in [0.5, 0.6) is 0 Å². The van der Waals surface area contributed by atoms with Crippen LogP contribution < -0.4 is 0 Å². The Morgan fingerprint density at radius 3 is 3.13 bits per heavy atom. The molecule has 2 aromatic rings. The molecular weight excluding hydrogens is 262 g/mol. The molecule has 0 saturated heterocycles. The molecule has 0 bridgehead atoms. The first kappa shape index (κ1) is 10.1. The van der Waals surface area contributed by atoms with Crippen molar-refractivity contribution in [1.82, 2.24) is 14.8 Å². The van der Waals surface area contributed by atoms with Gasteiger partial charge >= 0.3 is 5.97 Å². The van der Waals surface area contributed by atoms with Gasteiger partial charge in [-0.1, -0.05) is 11.3 Å². The molecule has 0 aliphatic rings. The number of pyridine rings is 1. The first-order chi connectivity index (χ1) is 7.24. The van der Waals surface area contributed by atoms with Crippen LogP contribution >= 0.6 is 15.9 Å². The Balaban J connectivity index is 2.54. The van der Waals surface area contributed by atoms with E-state index in [1.807, 2.05) is 12.1 Å². The minimum Gasteiger partial charge on any atom is -0.461 e. The highest BCUT2D eigenvalue weighted by molar-refractivity contribution is 9.10. The van der Waals surface area contributed by atoms with Crippen LogP contribution in [0.3, 0.4) is 0 Å². The SMILES string of the molecule is CCOC(=O)c1nnn2c(Br)cccc12. The van der Waals surface area contributed by atoms with Gasteiger partial charge < -0.3 is 4.74 Å². The minimum absolute atomic E-state index is 0.234. The lowest BCUT2D eigenvalue weighted by Gasteiger charge is -1.98. The second-order valence-corrected chi connectivity index (χ2v) is 3.62. The topological polar surface area (TPSA) is 56.5 Å². The standard InChI is InChI=1S/C9H8BrN3O2/c1-2-15-9(14)8-6-4-3-5-7(10)13(6)12-11-8/h3-5H,2H2,1H3. The summed E-state index contributed by atoms with van der Waals surface area (Å²) in [4.78, 5) is 11.5. The highest BCUT2D eigenvalue weighted by Gasteiger charge is 2.16. The minimum atomic E-state index is -0.453. The number of rotatable bonds is 2. The predicted octanol–water partition coefficient (Wildman–Crippen LogP) is 1.67. The zero-order valence-electron chi connectivity index (χ0n) is 7.98. The lowest BCUT2D eigenvalue weighted by molar-refractivity contribution is 0.0521. The fourth-order valence-corrected chi connectivity index (χ4v) is 1.65. The Kier molecular flexibility index (Phi) is 2.68. The largest absolute Gasteiger partial charge is 0.461 e. The third-order valence-electron chi connectivity index (χ3n) is 1.86. The monoisotopic (exact) mass is 269 g/mol. The highest BCUT2D eigenvalue weighted by atomic mass is 79.9. The van der Waals surface area contributed by atoms with E-state index in [9.17, 15) is 4.79 Å². The van der Waals surface area contributed by atoms with E-state index in [-0.39, 0.29) is 5.69 Å². The van der Waals surface area contributed by atoms with E-state index in [1.165, 1.54) is 4.52 Å². The van der Waals surface area contributed by atoms with E-state index >= 15 is 0 Å². The van der Waals surface area contributed by atoms with Gasteiger partial charge in [0, 0.05) is 0 Å². The van der Waals surface area contributed by atoms with Gasteiger partial charge in [-0.25, -0.2) is 9.31 Å². The van der Waals surface area contributed by atoms with Crippen molar-refractivity contribution in [3.8, 4) is 0 Å². The molecule has 0 spiro atoms. The quantitative estimate of drug-likeness (QED) is 0.615. The molecule has 0 aliphatic heterocycles. The number of hydrogen-bond donors (Lipinski definition) is 0. The first-order valence-corrected chi connectivity index (χ1v) is 5.20. The predicted molar refractivity (Wildman–Crippen MR) is 56.6 cm³/mol. The number of carbonyl (C=O) groups is 1. The second-order valence-electron chi connectivity index (χ2n) is 2.80. The van der Waals surface area contributed by atoms with Crippen LogP contribution in [-0.2, 0) is 4.74 Å². The molecule has 0 aromatic carbocycles. The van der Waals surface area contributed by atoms with Crippen molar-refractivity contribution >= 4 is 27.4 Å². The molecule has 0 N–H and O–H groups in total. The van der Waals surface area contributed by atoms with E-state index in [1.54, 1.807) is 13.0 Å². The van der Waals surface area contributed by atoms with E-state index in [4.69, 9.17) is 4.74 Å². The zero-order valence-corrected chi connectivity index (χ0v) is 9.56. The number of nitrogens with zero attached hydrogens (tertiary/aromatic N) is 3. The van der Waals surface area contributed by atoms with Crippen LogP contribution in [0.2, 0.25) is 0 Å². The highest BCUT2D eigenvalue weighted by Crippen LogP contribution is 2.15. The summed E-state index contributed by atoms with van der Waals surface area (Å²) in [5, 5.41) is 7.62. The smallest absolute Gasteiger partial charge is 0.361 e. The van der Waals surface area contributed by atoms with Crippen molar-refractivity contribution in [1.29, 1.82) is 0 Å². The summed E-state index contributed by atoms with van der Waals surface area (Å²) in [7, 11) is 0. The molecule has 5 nitrogen and oxygen atoms in total. The van der Waals surface area contributed by atoms with E-state index in [0.717, 1.165) is 4.60 Å². The van der Waals surface area contributed by atoms with Gasteiger partial charge in [0.15, 0.2) is 5.69 Å². The number of halogens is 1. The molecule has 2 rings (SSSR count). The molecule has 0 radical (unpaired) electrons. The zero-order chi connectivity index (χ0) is 10.8. The number of ether oxygens (including phenoxy) is 1. The van der Waals surface area contributed by atoms with Crippen molar-refractivity contribution in [2.75, 3.05) is 6.61 Å². The van der Waals surface area contributed by atoms with Gasteiger partial charge in [-0.05, 0) is 35.0 Å². The molecule has 0 fully saturated rings. The Hall–Kier alpha value is -1.43. The number of aromatic nitrogens is 3. The van der Waals surface area contributed by atoms with Gasteiger partial charge in [-0.2, -0.15) is 0 Å². The van der Waals surface area contributed by atoms with E-state index in [2.05, 4.69) is 26.2 Å². The lowest BCUT2D eigenvalue weighted by Crippen LogP contribution is -2.05. The lowest BCUT2D eigenvalue weighted by atomic mass is 10.3. The summed E-state index contributed by atoms with van der Waals surface area (Å²) >= 11 is 3.31. The van der Waals surface area contributed by atoms with E-state index < -0.39 is 5.97 Å². The number of hydrogen-bond acceptors (Lipinski definition) is 4.